The molecule has 0 aliphatic carbocycles. The van der Waals surface area contributed by atoms with E-state index in [4.69, 9.17) is 0 Å². The van der Waals surface area contributed by atoms with Gasteiger partial charge in [-0.15, -0.1) is 0 Å². The number of anilines is 1. The Bertz CT molecular complexity index is 523. The molecule has 18 heavy (non-hydrogen) atoms. The Balaban J connectivity index is 1.89. The van der Waals surface area contributed by atoms with E-state index in [-0.39, 0.29) is 11.8 Å². The zero-order valence-electron chi connectivity index (χ0n) is 9.86. The molecule has 1 unspecified atom stereocenters. The molecule has 2 aromatic carbocycles. The largest absolute Gasteiger partial charge is 0.287 e. The first-order valence-corrected chi connectivity index (χ1v) is 5.97. The van der Waals surface area contributed by atoms with Crippen molar-refractivity contribution in [3.8, 4) is 0 Å². The van der Waals surface area contributed by atoms with Gasteiger partial charge in [-0.2, -0.15) is 0 Å². The molecule has 1 atom stereocenters. The van der Waals surface area contributed by atoms with E-state index in [1.54, 1.807) is 4.90 Å². The van der Waals surface area contributed by atoms with Crippen LogP contribution in [-0.4, -0.2) is 5.91 Å². The predicted octanol–water partition coefficient (Wildman–Crippen LogP) is 3.33. The summed E-state index contributed by atoms with van der Waals surface area (Å²) in [5.74, 6) is -0.0567. The lowest BCUT2D eigenvalue weighted by atomic mass is 10.00. The summed E-state index contributed by atoms with van der Waals surface area (Å²) in [5.41, 5.74) is 1.95. The van der Waals surface area contributed by atoms with Crippen molar-refractivity contribution in [2.75, 3.05) is 4.90 Å². The molecule has 3 rings (SSSR count). The fraction of sp³-hybridized carbons (Fsp3) is 0.0625. The van der Waals surface area contributed by atoms with Gasteiger partial charge in [-0.05, 0) is 17.7 Å². The second-order valence-electron chi connectivity index (χ2n) is 4.27. The summed E-state index contributed by atoms with van der Waals surface area (Å²) in [6.45, 7) is 0. The Kier molecular flexibility index (Phi) is 2.69. The van der Waals surface area contributed by atoms with Crippen LogP contribution in [0, 0.1) is 0 Å². The molecule has 0 N–H and O–H groups in total. The van der Waals surface area contributed by atoms with Crippen molar-refractivity contribution in [1.29, 1.82) is 0 Å². The Morgan fingerprint density at radius 3 is 2.11 bits per heavy atom. The summed E-state index contributed by atoms with van der Waals surface area (Å²) in [4.78, 5) is 14.1. The Morgan fingerprint density at radius 1 is 0.833 bits per heavy atom. The van der Waals surface area contributed by atoms with Gasteiger partial charge in [-0.3, -0.25) is 9.69 Å². The van der Waals surface area contributed by atoms with E-state index >= 15 is 0 Å². The fourth-order valence-corrected chi connectivity index (χ4v) is 2.19. The van der Waals surface area contributed by atoms with Gasteiger partial charge in [0.25, 0.3) is 0 Å². The molecule has 2 aromatic rings. The summed E-state index contributed by atoms with van der Waals surface area (Å²) in [6, 6.07) is 19.6. The quantitative estimate of drug-likeness (QED) is 0.781. The van der Waals surface area contributed by atoms with Crippen LogP contribution in [0.1, 0.15) is 11.5 Å². The number of para-hydroxylation sites is 1. The van der Waals surface area contributed by atoms with Gasteiger partial charge in [-0.1, -0.05) is 54.6 Å². The molecule has 0 radical (unpaired) electrons. The number of nitrogens with zero attached hydrogens (tertiary/aromatic N) is 1. The zero-order chi connectivity index (χ0) is 12.4. The highest BCUT2D eigenvalue weighted by molar-refractivity contribution is 6.03. The third-order valence-electron chi connectivity index (χ3n) is 3.12. The number of hydrogen-bond donors (Lipinski definition) is 0. The van der Waals surface area contributed by atoms with Crippen molar-refractivity contribution in [1.82, 2.24) is 0 Å². The summed E-state index contributed by atoms with van der Waals surface area (Å²) >= 11 is 0. The molecule has 88 valence electrons. The van der Waals surface area contributed by atoms with Crippen LogP contribution in [0.5, 0.6) is 0 Å². The third-order valence-corrected chi connectivity index (χ3v) is 3.12. The number of benzene rings is 2. The first kappa shape index (κ1) is 10.8. The zero-order valence-corrected chi connectivity index (χ0v) is 9.86. The number of hydrogen-bond acceptors (Lipinski definition) is 1. The van der Waals surface area contributed by atoms with E-state index in [2.05, 4.69) is 0 Å². The Morgan fingerprint density at radius 2 is 1.44 bits per heavy atom. The number of carbonyl (C=O) groups is 1. The molecule has 0 spiro atoms. The normalized spacial score (nSPS) is 18.3. The van der Waals surface area contributed by atoms with Crippen molar-refractivity contribution in [3.05, 3.63) is 78.5 Å². The van der Waals surface area contributed by atoms with E-state index < -0.39 is 0 Å². The molecular weight excluding hydrogens is 222 g/mol. The molecule has 0 aromatic heterocycles. The van der Waals surface area contributed by atoms with Crippen LogP contribution in [0.4, 0.5) is 5.69 Å². The lowest BCUT2D eigenvalue weighted by Gasteiger charge is -2.16. The lowest BCUT2D eigenvalue weighted by molar-refractivity contribution is -0.117. The molecule has 1 amide bonds. The third kappa shape index (κ3) is 1.82. The van der Waals surface area contributed by atoms with Crippen LogP contribution >= 0.6 is 0 Å². The van der Waals surface area contributed by atoms with Crippen molar-refractivity contribution >= 4 is 11.6 Å². The molecule has 1 aliphatic rings. The Labute approximate surface area is 106 Å². The highest BCUT2D eigenvalue weighted by atomic mass is 16.2. The van der Waals surface area contributed by atoms with E-state index in [9.17, 15) is 4.79 Å². The second kappa shape index (κ2) is 4.49. The van der Waals surface area contributed by atoms with E-state index in [1.807, 2.05) is 72.9 Å². The molecule has 0 saturated heterocycles. The van der Waals surface area contributed by atoms with Crippen LogP contribution in [0.25, 0.3) is 0 Å². The van der Waals surface area contributed by atoms with Crippen molar-refractivity contribution in [2.45, 2.75) is 5.92 Å². The minimum absolute atomic E-state index is 0.104. The molecule has 2 heteroatoms. The maximum atomic E-state index is 12.4. The van der Waals surface area contributed by atoms with Gasteiger partial charge in [0.15, 0.2) is 0 Å². The summed E-state index contributed by atoms with van der Waals surface area (Å²) in [6.07, 6.45) is 3.81. The van der Waals surface area contributed by atoms with Crippen molar-refractivity contribution in [2.24, 2.45) is 0 Å². The minimum atomic E-state index is -0.161. The molecule has 1 aliphatic heterocycles. The van der Waals surface area contributed by atoms with Gasteiger partial charge in [0.2, 0.25) is 5.91 Å². The number of carbonyl (C=O) groups excluding carboxylic acids is 1. The van der Waals surface area contributed by atoms with Crippen LogP contribution in [0.3, 0.4) is 0 Å². The van der Waals surface area contributed by atoms with Gasteiger partial charge >= 0.3 is 0 Å². The molecule has 0 fully saturated rings. The maximum absolute atomic E-state index is 12.4. The van der Waals surface area contributed by atoms with Gasteiger partial charge in [0.05, 0.1) is 5.92 Å². The first-order valence-electron chi connectivity index (χ1n) is 5.97. The predicted molar refractivity (Wildman–Crippen MR) is 72.3 cm³/mol. The van der Waals surface area contributed by atoms with Gasteiger partial charge in [0.1, 0.15) is 0 Å². The number of rotatable bonds is 2. The fourth-order valence-electron chi connectivity index (χ4n) is 2.19. The van der Waals surface area contributed by atoms with Crippen LogP contribution in [-0.2, 0) is 4.79 Å². The minimum Gasteiger partial charge on any atom is -0.287 e. The number of amides is 1. The van der Waals surface area contributed by atoms with Crippen molar-refractivity contribution in [3.63, 3.8) is 0 Å². The smallest absolute Gasteiger partial charge is 0.242 e. The first-order chi connectivity index (χ1) is 8.86. The van der Waals surface area contributed by atoms with Gasteiger partial charge < -0.3 is 0 Å². The van der Waals surface area contributed by atoms with Crippen LogP contribution < -0.4 is 4.90 Å². The van der Waals surface area contributed by atoms with Crippen molar-refractivity contribution < 1.29 is 4.79 Å². The van der Waals surface area contributed by atoms with Gasteiger partial charge in [-0.25, -0.2) is 0 Å². The molecule has 0 bridgehead atoms. The van der Waals surface area contributed by atoms with Gasteiger partial charge in [0, 0.05) is 11.9 Å². The monoisotopic (exact) mass is 235 g/mol. The highest BCUT2D eigenvalue weighted by Gasteiger charge is 2.28. The average molecular weight is 235 g/mol. The average Bonchev–Trinajstić information content (AvgIpc) is 2.83. The molecule has 2 nitrogen and oxygen atoms in total. The van der Waals surface area contributed by atoms with E-state index in [0.717, 1.165) is 11.3 Å². The molecule has 0 saturated carbocycles. The topological polar surface area (TPSA) is 20.3 Å². The summed E-state index contributed by atoms with van der Waals surface area (Å²) in [5, 5.41) is 0. The maximum Gasteiger partial charge on any atom is 0.242 e. The SMILES string of the molecule is O=C1C(c2ccccc2)C=CN1c1ccccc1. The Hall–Kier alpha value is -2.35. The highest BCUT2D eigenvalue weighted by Crippen LogP contribution is 2.29. The lowest BCUT2D eigenvalue weighted by Crippen LogP contribution is -2.24. The second-order valence-corrected chi connectivity index (χ2v) is 4.27. The standard InChI is InChI=1S/C16H13NO/c18-16-15(13-7-3-1-4-8-13)11-12-17(16)14-9-5-2-6-10-14/h1-12,15H. The molecular formula is C16H13NO. The van der Waals surface area contributed by atoms with E-state index in [0.29, 0.717) is 0 Å². The van der Waals surface area contributed by atoms with Crippen LogP contribution in [0.15, 0.2) is 72.9 Å². The summed E-state index contributed by atoms with van der Waals surface area (Å²) < 4.78 is 0. The molecule has 1 heterocycles. The van der Waals surface area contributed by atoms with Crippen LogP contribution in [0.2, 0.25) is 0 Å². The van der Waals surface area contributed by atoms with E-state index in [1.165, 1.54) is 0 Å². The summed E-state index contributed by atoms with van der Waals surface area (Å²) in [7, 11) is 0.